The maximum atomic E-state index is 12.1. The SMILES string of the molecule is O=C(N[C@H]1CC[C@@H](C(=O)O)C1)c1cc(Br)cc([N+](=O)[O-])c1. The number of nitrogens with zero attached hydrogens (tertiary/aromatic N) is 1. The molecule has 2 rings (SSSR count). The highest BCUT2D eigenvalue weighted by Gasteiger charge is 2.30. The molecule has 1 fully saturated rings. The van der Waals surface area contributed by atoms with Gasteiger partial charge in [0.25, 0.3) is 11.6 Å². The third-order valence-electron chi connectivity index (χ3n) is 3.47. The number of hydrogen-bond donors (Lipinski definition) is 2. The van der Waals surface area contributed by atoms with E-state index in [0.717, 1.165) is 0 Å². The molecule has 0 radical (unpaired) electrons. The van der Waals surface area contributed by atoms with Crippen molar-refractivity contribution in [2.24, 2.45) is 5.92 Å². The van der Waals surface area contributed by atoms with Gasteiger partial charge in [0.05, 0.1) is 10.8 Å². The van der Waals surface area contributed by atoms with E-state index in [1.807, 2.05) is 0 Å². The number of nitro benzene ring substituents is 1. The summed E-state index contributed by atoms with van der Waals surface area (Å²) in [6, 6.07) is 3.79. The predicted octanol–water partition coefficient (Wildman–Crippen LogP) is 2.34. The van der Waals surface area contributed by atoms with Gasteiger partial charge in [0.2, 0.25) is 0 Å². The highest BCUT2D eigenvalue weighted by atomic mass is 79.9. The second-order valence-electron chi connectivity index (χ2n) is 4.97. The fraction of sp³-hybridized carbons (Fsp3) is 0.385. The van der Waals surface area contributed by atoms with Gasteiger partial charge >= 0.3 is 5.97 Å². The van der Waals surface area contributed by atoms with E-state index in [1.54, 1.807) is 0 Å². The molecule has 0 heterocycles. The zero-order valence-corrected chi connectivity index (χ0v) is 12.5. The van der Waals surface area contributed by atoms with Crippen molar-refractivity contribution in [3.8, 4) is 0 Å². The zero-order valence-electron chi connectivity index (χ0n) is 10.9. The normalized spacial score (nSPS) is 21.0. The van der Waals surface area contributed by atoms with Crippen molar-refractivity contribution in [3.05, 3.63) is 38.3 Å². The van der Waals surface area contributed by atoms with E-state index in [4.69, 9.17) is 5.11 Å². The van der Waals surface area contributed by atoms with E-state index in [0.29, 0.717) is 23.7 Å². The summed E-state index contributed by atoms with van der Waals surface area (Å²) >= 11 is 3.13. The summed E-state index contributed by atoms with van der Waals surface area (Å²) in [4.78, 5) is 33.2. The van der Waals surface area contributed by atoms with Crippen molar-refractivity contribution in [2.75, 3.05) is 0 Å². The van der Waals surface area contributed by atoms with Crippen LogP contribution in [0.4, 0.5) is 5.69 Å². The first-order chi connectivity index (χ1) is 9.86. The van der Waals surface area contributed by atoms with Crippen LogP contribution in [0.5, 0.6) is 0 Å². The lowest BCUT2D eigenvalue weighted by atomic mass is 10.1. The molecule has 2 N–H and O–H groups in total. The molecule has 0 bridgehead atoms. The summed E-state index contributed by atoms with van der Waals surface area (Å²) in [6.45, 7) is 0. The number of nitro groups is 1. The van der Waals surface area contributed by atoms with Gasteiger partial charge in [-0.25, -0.2) is 0 Å². The van der Waals surface area contributed by atoms with Gasteiger partial charge in [0.1, 0.15) is 0 Å². The van der Waals surface area contributed by atoms with Crippen LogP contribution in [0.25, 0.3) is 0 Å². The topological polar surface area (TPSA) is 110 Å². The van der Waals surface area contributed by atoms with Crippen LogP contribution in [0.3, 0.4) is 0 Å². The molecule has 0 saturated heterocycles. The number of carboxylic acids is 1. The molecule has 0 aliphatic heterocycles. The van der Waals surface area contributed by atoms with Crippen LogP contribution in [0.2, 0.25) is 0 Å². The van der Waals surface area contributed by atoms with Gasteiger partial charge in [0.15, 0.2) is 0 Å². The molecule has 7 nitrogen and oxygen atoms in total. The maximum absolute atomic E-state index is 12.1. The van der Waals surface area contributed by atoms with Crippen LogP contribution >= 0.6 is 15.9 Å². The molecule has 1 aliphatic carbocycles. The Morgan fingerprint density at radius 1 is 1.33 bits per heavy atom. The molecule has 0 unspecified atom stereocenters. The molecule has 0 aromatic heterocycles. The Balaban J connectivity index is 2.07. The largest absolute Gasteiger partial charge is 0.481 e. The molecule has 1 aromatic carbocycles. The van der Waals surface area contributed by atoms with Crippen LogP contribution in [0.15, 0.2) is 22.7 Å². The standard InChI is InChI=1S/C13H13BrN2O5/c14-9-3-8(5-11(6-9)16(20)21)12(17)15-10-2-1-7(4-10)13(18)19/h3,5-7,10H,1-2,4H2,(H,15,17)(H,18,19)/t7-,10+/m1/s1. The molecule has 1 amide bonds. The lowest BCUT2D eigenvalue weighted by molar-refractivity contribution is -0.385. The number of rotatable bonds is 4. The van der Waals surface area contributed by atoms with Crippen molar-refractivity contribution in [1.82, 2.24) is 5.32 Å². The summed E-state index contributed by atoms with van der Waals surface area (Å²) in [6.07, 6.45) is 1.51. The summed E-state index contributed by atoms with van der Waals surface area (Å²) in [5.41, 5.74) is -0.000732. The molecular weight excluding hydrogens is 344 g/mol. The number of carbonyl (C=O) groups is 2. The van der Waals surface area contributed by atoms with Crippen molar-refractivity contribution in [1.29, 1.82) is 0 Å². The van der Waals surface area contributed by atoms with E-state index in [2.05, 4.69) is 21.2 Å². The van der Waals surface area contributed by atoms with Crippen LogP contribution in [0, 0.1) is 16.0 Å². The Kier molecular flexibility index (Phi) is 4.56. The van der Waals surface area contributed by atoms with Crippen molar-refractivity contribution < 1.29 is 19.6 Å². The van der Waals surface area contributed by atoms with E-state index in [9.17, 15) is 19.7 Å². The highest BCUT2D eigenvalue weighted by Crippen LogP contribution is 2.26. The summed E-state index contributed by atoms with van der Waals surface area (Å²) in [7, 11) is 0. The molecule has 2 atom stereocenters. The van der Waals surface area contributed by atoms with Gasteiger partial charge in [0, 0.05) is 28.2 Å². The molecule has 21 heavy (non-hydrogen) atoms. The van der Waals surface area contributed by atoms with Gasteiger partial charge in [-0.2, -0.15) is 0 Å². The lowest BCUT2D eigenvalue weighted by Crippen LogP contribution is -2.33. The van der Waals surface area contributed by atoms with E-state index >= 15 is 0 Å². The van der Waals surface area contributed by atoms with E-state index in [-0.39, 0.29) is 17.3 Å². The fourth-order valence-corrected chi connectivity index (χ4v) is 2.90. The quantitative estimate of drug-likeness (QED) is 0.635. The third-order valence-corrected chi connectivity index (χ3v) is 3.93. The smallest absolute Gasteiger partial charge is 0.306 e. The second-order valence-corrected chi connectivity index (χ2v) is 5.89. The summed E-state index contributed by atoms with van der Waals surface area (Å²) in [5.74, 6) is -1.73. The Hall–Kier alpha value is -1.96. The minimum absolute atomic E-state index is 0.176. The number of amides is 1. The number of nitrogens with one attached hydrogen (secondary N) is 1. The maximum Gasteiger partial charge on any atom is 0.306 e. The first kappa shape index (κ1) is 15.4. The molecule has 112 valence electrons. The predicted molar refractivity (Wildman–Crippen MR) is 77.0 cm³/mol. The monoisotopic (exact) mass is 356 g/mol. The minimum atomic E-state index is -0.857. The number of carbonyl (C=O) groups excluding carboxylic acids is 1. The first-order valence-electron chi connectivity index (χ1n) is 6.35. The van der Waals surface area contributed by atoms with Crippen LogP contribution in [0.1, 0.15) is 29.6 Å². The van der Waals surface area contributed by atoms with Crippen molar-refractivity contribution in [2.45, 2.75) is 25.3 Å². The number of halogens is 1. The van der Waals surface area contributed by atoms with Gasteiger partial charge in [-0.3, -0.25) is 19.7 Å². The average molecular weight is 357 g/mol. The molecule has 1 saturated carbocycles. The molecule has 0 spiro atoms. The molecule has 8 heteroatoms. The van der Waals surface area contributed by atoms with Crippen LogP contribution in [-0.4, -0.2) is 27.9 Å². The number of non-ortho nitro benzene ring substituents is 1. The third kappa shape index (κ3) is 3.78. The van der Waals surface area contributed by atoms with Gasteiger partial charge in [-0.05, 0) is 25.3 Å². The zero-order chi connectivity index (χ0) is 15.6. The van der Waals surface area contributed by atoms with Crippen molar-refractivity contribution in [3.63, 3.8) is 0 Å². The molecule has 1 aliphatic rings. The number of benzene rings is 1. The first-order valence-corrected chi connectivity index (χ1v) is 7.14. The second kappa shape index (κ2) is 6.21. The fourth-order valence-electron chi connectivity index (χ4n) is 2.42. The van der Waals surface area contributed by atoms with Crippen LogP contribution < -0.4 is 5.32 Å². The Labute approximate surface area is 128 Å². The number of carboxylic acid groups (broad SMARTS) is 1. The van der Waals surface area contributed by atoms with Crippen molar-refractivity contribution >= 4 is 33.5 Å². The number of aliphatic carboxylic acids is 1. The molecule has 1 aromatic rings. The van der Waals surface area contributed by atoms with Crippen LogP contribution in [-0.2, 0) is 4.79 Å². The Morgan fingerprint density at radius 2 is 2.05 bits per heavy atom. The lowest BCUT2D eigenvalue weighted by Gasteiger charge is -2.12. The van der Waals surface area contributed by atoms with Gasteiger partial charge < -0.3 is 10.4 Å². The van der Waals surface area contributed by atoms with Gasteiger partial charge in [-0.15, -0.1) is 0 Å². The summed E-state index contributed by atoms with van der Waals surface area (Å²) < 4.78 is 0.441. The number of hydrogen-bond acceptors (Lipinski definition) is 4. The van der Waals surface area contributed by atoms with Gasteiger partial charge in [-0.1, -0.05) is 15.9 Å². The minimum Gasteiger partial charge on any atom is -0.481 e. The molecular formula is C13H13BrN2O5. The average Bonchev–Trinajstić information content (AvgIpc) is 2.86. The Bertz CT molecular complexity index is 604. The Morgan fingerprint density at radius 3 is 2.62 bits per heavy atom. The van der Waals surface area contributed by atoms with E-state index < -0.39 is 22.7 Å². The summed E-state index contributed by atoms with van der Waals surface area (Å²) in [5, 5.41) is 22.4. The van der Waals surface area contributed by atoms with E-state index in [1.165, 1.54) is 18.2 Å². The highest BCUT2D eigenvalue weighted by molar-refractivity contribution is 9.10.